The molecule has 1 aliphatic carbocycles. The van der Waals surface area contributed by atoms with Gasteiger partial charge in [-0.3, -0.25) is 0 Å². The summed E-state index contributed by atoms with van der Waals surface area (Å²) in [5, 5.41) is 9.41. The zero-order valence-electron chi connectivity index (χ0n) is 18.3. The topological polar surface area (TPSA) is 59.7 Å². The first-order valence-electron chi connectivity index (χ1n) is 11.0. The third kappa shape index (κ3) is 4.63. The number of likely N-dealkylation sites (tertiary alicyclic amines) is 1. The van der Waals surface area contributed by atoms with Crippen LogP contribution < -0.4 is 0 Å². The summed E-state index contributed by atoms with van der Waals surface area (Å²) >= 11 is 1.69. The summed E-state index contributed by atoms with van der Waals surface area (Å²) in [5.41, 5.74) is 1.48. The normalized spacial score (nSPS) is 22.8. The van der Waals surface area contributed by atoms with Crippen LogP contribution in [0, 0.1) is 5.41 Å². The summed E-state index contributed by atoms with van der Waals surface area (Å²) in [7, 11) is 1.94. The lowest BCUT2D eigenvalue weighted by molar-refractivity contribution is -0.137. The predicted molar refractivity (Wildman–Crippen MR) is 120 cm³/mol. The van der Waals surface area contributed by atoms with Crippen molar-refractivity contribution in [2.24, 2.45) is 12.5 Å². The highest BCUT2D eigenvalue weighted by Gasteiger charge is 2.57. The van der Waals surface area contributed by atoms with Crippen molar-refractivity contribution >= 4 is 11.8 Å². The van der Waals surface area contributed by atoms with Crippen LogP contribution in [0.5, 0.6) is 0 Å². The number of alkyl halides is 3. The lowest BCUT2D eigenvalue weighted by atomic mass is 9.97. The molecule has 6 nitrogen and oxygen atoms in total. The van der Waals surface area contributed by atoms with E-state index >= 15 is 0 Å². The minimum Gasteiger partial charge on any atom is -0.304 e. The maximum absolute atomic E-state index is 12.8. The Morgan fingerprint density at radius 1 is 1.15 bits per heavy atom. The molecule has 174 valence electrons. The van der Waals surface area contributed by atoms with Crippen LogP contribution in [0.3, 0.4) is 0 Å². The second kappa shape index (κ2) is 8.72. The Balaban J connectivity index is 1.09. The Labute approximate surface area is 194 Å². The zero-order valence-corrected chi connectivity index (χ0v) is 19.1. The zero-order chi connectivity index (χ0) is 23.1. The molecule has 2 aliphatic rings. The van der Waals surface area contributed by atoms with E-state index < -0.39 is 11.7 Å². The SMILES string of the molecule is Cn1c(SCCCN2CCC3(C[C@@H]3c3ccc(C(F)(F)F)cc3)C2)nnc1-c1ccncn1. The first-order valence-corrected chi connectivity index (χ1v) is 12.0. The van der Waals surface area contributed by atoms with Crippen molar-refractivity contribution in [3.8, 4) is 11.5 Å². The van der Waals surface area contributed by atoms with E-state index in [0.717, 1.165) is 66.9 Å². The fourth-order valence-corrected chi connectivity index (χ4v) is 5.72. The van der Waals surface area contributed by atoms with E-state index in [1.807, 2.05) is 17.7 Å². The first kappa shape index (κ1) is 22.3. The van der Waals surface area contributed by atoms with Crippen molar-refractivity contribution in [1.82, 2.24) is 29.6 Å². The molecule has 0 bridgehead atoms. The summed E-state index contributed by atoms with van der Waals surface area (Å²) in [6.45, 7) is 3.11. The smallest absolute Gasteiger partial charge is 0.304 e. The number of hydrogen-bond donors (Lipinski definition) is 0. The molecule has 3 aromatic rings. The van der Waals surface area contributed by atoms with Crippen molar-refractivity contribution in [2.45, 2.75) is 36.5 Å². The van der Waals surface area contributed by atoms with Crippen LogP contribution in [-0.4, -0.2) is 55.0 Å². The van der Waals surface area contributed by atoms with Gasteiger partial charge in [-0.25, -0.2) is 9.97 Å². The molecule has 1 saturated heterocycles. The van der Waals surface area contributed by atoms with Gasteiger partial charge in [-0.1, -0.05) is 23.9 Å². The number of halogens is 3. The fourth-order valence-electron chi connectivity index (χ4n) is 4.89. The van der Waals surface area contributed by atoms with Crippen molar-refractivity contribution in [1.29, 1.82) is 0 Å². The molecule has 1 aliphatic heterocycles. The number of nitrogens with zero attached hydrogens (tertiary/aromatic N) is 6. The van der Waals surface area contributed by atoms with Gasteiger partial charge in [0.15, 0.2) is 11.0 Å². The van der Waals surface area contributed by atoms with Gasteiger partial charge in [0.05, 0.1) is 5.56 Å². The highest BCUT2D eigenvalue weighted by Crippen LogP contribution is 2.64. The highest BCUT2D eigenvalue weighted by atomic mass is 32.2. The van der Waals surface area contributed by atoms with Gasteiger partial charge in [0.2, 0.25) is 0 Å². The third-order valence-corrected chi connectivity index (χ3v) is 7.90. The molecule has 3 heterocycles. The fraction of sp³-hybridized carbons (Fsp3) is 0.478. The molecule has 1 unspecified atom stereocenters. The molecule has 1 saturated carbocycles. The maximum atomic E-state index is 12.8. The number of benzene rings is 1. The molecular formula is C23H25F3N6S. The predicted octanol–water partition coefficient (Wildman–Crippen LogP) is 4.65. The molecule has 1 aromatic carbocycles. The van der Waals surface area contributed by atoms with E-state index in [1.165, 1.54) is 18.5 Å². The Hall–Kier alpha value is -2.46. The monoisotopic (exact) mass is 474 g/mol. The molecule has 0 amide bonds. The summed E-state index contributed by atoms with van der Waals surface area (Å²) in [5.74, 6) is 2.06. The van der Waals surface area contributed by atoms with Gasteiger partial charge in [-0.2, -0.15) is 13.2 Å². The minimum atomic E-state index is -4.27. The van der Waals surface area contributed by atoms with E-state index in [-0.39, 0.29) is 5.41 Å². The van der Waals surface area contributed by atoms with Crippen molar-refractivity contribution in [3.63, 3.8) is 0 Å². The van der Waals surface area contributed by atoms with Crippen LogP contribution in [0.1, 0.15) is 36.3 Å². The van der Waals surface area contributed by atoms with Gasteiger partial charge in [0.25, 0.3) is 0 Å². The maximum Gasteiger partial charge on any atom is 0.416 e. The Morgan fingerprint density at radius 3 is 2.70 bits per heavy atom. The quantitative estimate of drug-likeness (QED) is 0.367. The summed E-state index contributed by atoms with van der Waals surface area (Å²) < 4.78 is 40.4. The molecule has 0 radical (unpaired) electrons. The van der Waals surface area contributed by atoms with Crippen LogP contribution in [0.4, 0.5) is 13.2 Å². The van der Waals surface area contributed by atoms with Crippen molar-refractivity contribution in [2.75, 3.05) is 25.4 Å². The van der Waals surface area contributed by atoms with Crippen LogP contribution in [0.15, 0.2) is 48.0 Å². The highest BCUT2D eigenvalue weighted by molar-refractivity contribution is 7.99. The average Bonchev–Trinajstić information content (AvgIpc) is 3.15. The number of hydrogen-bond acceptors (Lipinski definition) is 6. The average molecular weight is 475 g/mol. The van der Waals surface area contributed by atoms with Crippen LogP contribution in [0.2, 0.25) is 0 Å². The number of rotatable bonds is 7. The second-order valence-electron chi connectivity index (χ2n) is 8.93. The van der Waals surface area contributed by atoms with Gasteiger partial charge in [-0.15, -0.1) is 10.2 Å². The number of aromatic nitrogens is 5. The van der Waals surface area contributed by atoms with Crippen LogP contribution >= 0.6 is 11.8 Å². The van der Waals surface area contributed by atoms with Crippen molar-refractivity contribution in [3.05, 3.63) is 54.0 Å². The number of thioether (sulfide) groups is 1. The molecule has 5 rings (SSSR count). The van der Waals surface area contributed by atoms with Crippen LogP contribution in [-0.2, 0) is 13.2 Å². The molecule has 2 fully saturated rings. The first-order chi connectivity index (χ1) is 15.9. The van der Waals surface area contributed by atoms with Gasteiger partial charge < -0.3 is 9.47 Å². The molecule has 0 N–H and O–H groups in total. The molecular weight excluding hydrogens is 449 g/mol. The minimum absolute atomic E-state index is 0.253. The Kier molecular flexibility index (Phi) is 5.90. The summed E-state index contributed by atoms with van der Waals surface area (Å²) in [4.78, 5) is 10.7. The van der Waals surface area contributed by atoms with E-state index in [9.17, 15) is 13.2 Å². The molecule has 10 heteroatoms. The second-order valence-corrected chi connectivity index (χ2v) is 9.99. The van der Waals surface area contributed by atoms with E-state index in [1.54, 1.807) is 30.1 Å². The van der Waals surface area contributed by atoms with Gasteiger partial charge in [-0.05, 0) is 67.4 Å². The van der Waals surface area contributed by atoms with Crippen LogP contribution in [0.25, 0.3) is 11.5 Å². The van der Waals surface area contributed by atoms with Crippen molar-refractivity contribution < 1.29 is 13.2 Å². The lowest BCUT2D eigenvalue weighted by Gasteiger charge is -2.16. The molecule has 1 spiro atoms. The Morgan fingerprint density at radius 2 is 1.97 bits per heavy atom. The van der Waals surface area contributed by atoms with Gasteiger partial charge in [0.1, 0.15) is 12.0 Å². The molecule has 33 heavy (non-hydrogen) atoms. The van der Waals surface area contributed by atoms with E-state index in [0.29, 0.717) is 5.92 Å². The largest absolute Gasteiger partial charge is 0.416 e. The molecule has 2 aromatic heterocycles. The summed E-state index contributed by atoms with van der Waals surface area (Å²) in [6, 6.07) is 7.58. The van der Waals surface area contributed by atoms with E-state index in [2.05, 4.69) is 25.1 Å². The third-order valence-electron chi connectivity index (χ3n) is 6.79. The van der Waals surface area contributed by atoms with E-state index in [4.69, 9.17) is 0 Å². The lowest BCUT2D eigenvalue weighted by Crippen LogP contribution is -2.23. The molecule has 2 atom stereocenters. The summed E-state index contributed by atoms with van der Waals surface area (Å²) in [6.07, 6.45) is 2.16. The van der Waals surface area contributed by atoms with Gasteiger partial charge >= 0.3 is 6.18 Å². The standard InChI is InChI=1S/C23H25F3N6S/c1-31-20(19-7-9-27-15-28-19)29-30-21(31)33-12-2-10-32-11-8-22(14-32)13-18(22)16-3-5-17(6-4-16)23(24,25)26/h3-7,9,15,18H,2,8,10-14H2,1H3/t18-,22?/m1/s1. The van der Waals surface area contributed by atoms with Gasteiger partial charge in [0, 0.05) is 25.5 Å². The Bertz CT molecular complexity index is 1100.